The number of thiophene rings is 2. The van der Waals surface area contributed by atoms with E-state index in [1.54, 1.807) is 17.0 Å². The van der Waals surface area contributed by atoms with Gasteiger partial charge < -0.3 is 5.73 Å². The first-order valence-corrected chi connectivity index (χ1v) is 11.7. The van der Waals surface area contributed by atoms with Crippen LogP contribution in [0.1, 0.15) is 0 Å². The van der Waals surface area contributed by atoms with Gasteiger partial charge in [-0.2, -0.15) is 0 Å². The van der Waals surface area contributed by atoms with E-state index in [4.69, 9.17) is 5.73 Å². The molecule has 168 valence electrons. The zero-order chi connectivity index (χ0) is 23.8. The maximum Gasteiger partial charge on any atom is 0.326 e. The minimum absolute atomic E-state index is 0.000485. The van der Waals surface area contributed by atoms with Crippen molar-refractivity contribution in [3.8, 4) is 11.1 Å². The topological polar surface area (TPSA) is 116 Å². The third kappa shape index (κ3) is 4.07. The molecule has 0 bridgehead atoms. The number of fused-ring (bicyclic) bond motifs is 1. The summed E-state index contributed by atoms with van der Waals surface area (Å²) < 4.78 is 0. The Morgan fingerprint density at radius 3 is 1.74 bits per heavy atom. The molecule has 34 heavy (non-hydrogen) atoms. The first-order chi connectivity index (χ1) is 16.4. The van der Waals surface area contributed by atoms with Crippen molar-refractivity contribution in [3.63, 3.8) is 0 Å². The average molecular weight is 489 g/mol. The molecule has 0 aliphatic heterocycles. The van der Waals surface area contributed by atoms with Crippen molar-refractivity contribution in [2.75, 3.05) is 10.6 Å². The molecule has 0 aliphatic carbocycles. The number of nitro groups is 2. The second kappa shape index (κ2) is 8.58. The summed E-state index contributed by atoms with van der Waals surface area (Å²) in [5.41, 5.74) is 9.36. The highest BCUT2D eigenvalue weighted by Gasteiger charge is 2.22. The van der Waals surface area contributed by atoms with Crippen LogP contribution in [-0.2, 0) is 0 Å². The summed E-state index contributed by atoms with van der Waals surface area (Å²) in [7, 11) is 0. The number of anilines is 4. The first kappa shape index (κ1) is 21.6. The van der Waals surface area contributed by atoms with Crippen LogP contribution >= 0.6 is 22.7 Å². The molecule has 0 saturated carbocycles. The predicted octanol–water partition coefficient (Wildman–Crippen LogP) is 7.50. The van der Waals surface area contributed by atoms with Gasteiger partial charge in [-0.05, 0) is 87.0 Å². The van der Waals surface area contributed by atoms with Crippen molar-refractivity contribution in [1.29, 1.82) is 0 Å². The van der Waals surface area contributed by atoms with Crippen LogP contribution in [-0.4, -0.2) is 9.85 Å². The van der Waals surface area contributed by atoms with Gasteiger partial charge in [-0.25, -0.2) is 0 Å². The van der Waals surface area contributed by atoms with E-state index in [-0.39, 0.29) is 10.0 Å². The summed E-state index contributed by atoms with van der Waals surface area (Å²) in [5, 5.41) is 25.8. The summed E-state index contributed by atoms with van der Waals surface area (Å²) in [6.45, 7) is 0. The smallest absolute Gasteiger partial charge is 0.326 e. The molecule has 3 aromatic carbocycles. The lowest BCUT2D eigenvalue weighted by Gasteiger charge is -2.21. The predicted molar refractivity (Wildman–Crippen MR) is 138 cm³/mol. The lowest BCUT2D eigenvalue weighted by atomic mass is 10.0. The molecule has 0 saturated heterocycles. The third-order valence-electron chi connectivity index (χ3n) is 5.28. The molecule has 5 rings (SSSR count). The lowest BCUT2D eigenvalue weighted by Crippen LogP contribution is -2.06. The molecule has 0 fully saturated rings. The summed E-state index contributed by atoms with van der Waals surface area (Å²) in [6.07, 6.45) is 0. The maximum absolute atomic E-state index is 11.2. The van der Waals surface area contributed by atoms with E-state index in [9.17, 15) is 20.2 Å². The maximum atomic E-state index is 11.2. The summed E-state index contributed by atoms with van der Waals surface area (Å²) in [4.78, 5) is 23.3. The van der Waals surface area contributed by atoms with Crippen LogP contribution in [0.4, 0.5) is 31.4 Å². The average Bonchev–Trinajstić information content (AvgIpc) is 3.50. The molecular formula is C24H16N4O4S2. The van der Waals surface area contributed by atoms with Crippen LogP contribution in [0.25, 0.3) is 21.9 Å². The van der Waals surface area contributed by atoms with Crippen molar-refractivity contribution in [3.05, 3.63) is 105 Å². The lowest BCUT2D eigenvalue weighted by molar-refractivity contribution is -0.380. The Morgan fingerprint density at radius 1 is 0.647 bits per heavy atom. The Balaban J connectivity index is 1.54. The van der Waals surface area contributed by atoms with E-state index in [0.29, 0.717) is 15.7 Å². The van der Waals surface area contributed by atoms with Crippen LogP contribution in [0.2, 0.25) is 0 Å². The largest absolute Gasteiger partial charge is 0.399 e. The van der Waals surface area contributed by atoms with Gasteiger partial charge in [0.25, 0.3) is 0 Å². The van der Waals surface area contributed by atoms with Crippen LogP contribution < -0.4 is 10.6 Å². The molecule has 0 unspecified atom stereocenters. The first-order valence-electron chi connectivity index (χ1n) is 10.1. The summed E-state index contributed by atoms with van der Waals surface area (Å²) in [5.74, 6) is 0. The minimum atomic E-state index is -0.445. The number of rotatable bonds is 6. The zero-order valence-electron chi connectivity index (χ0n) is 17.5. The molecule has 0 spiro atoms. The molecule has 5 aromatic rings. The number of nitrogen functional groups attached to an aromatic ring is 1. The number of nitrogens with two attached hydrogens (primary N) is 1. The molecule has 2 N–H and O–H groups in total. The fourth-order valence-corrected chi connectivity index (χ4v) is 5.45. The minimum Gasteiger partial charge on any atom is -0.399 e. The SMILES string of the molecule is Nc1ccc2cc(-c3ccc(N(c4ccc([N+](=O)[O-])s4)c4ccc([N+](=O)[O-])s4)cc3)ccc2c1. The van der Waals surface area contributed by atoms with E-state index in [2.05, 4.69) is 6.07 Å². The zero-order valence-corrected chi connectivity index (χ0v) is 19.1. The van der Waals surface area contributed by atoms with Crippen LogP contribution in [0.15, 0.2) is 84.9 Å². The Kier molecular flexibility index (Phi) is 5.44. The summed E-state index contributed by atoms with van der Waals surface area (Å²) >= 11 is 2.03. The Morgan fingerprint density at radius 2 is 1.18 bits per heavy atom. The van der Waals surface area contributed by atoms with E-state index in [0.717, 1.165) is 50.3 Å². The quantitative estimate of drug-likeness (QED) is 0.150. The van der Waals surface area contributed by atoms with E-state index in [1.807, 2.05) is 54.6 Å². The Labute approximate surface area is 201 Å². The molecule has 2 aromatic heterocycles. The number of nitrogens with zero attached hydrogens (tertiary/aromatic N) is 3. The van der Waals surface area contributed by atoms with Gasteiger partial charge in [0, 0.05) is 23.5 Å². The van der Waals surface area contributed by atoms with Crippen molar-refractivity contribution < 1.29 is 9.85 Å². The van der Waals surface area contributed by atoms with Crippen LogP contribution in [0.5, 0.6) is 0 Å². The van der Waals surface area contributed by atoms with Gasteiger partial charge in [0.1, 0.15) is 10.0 Å². The Bertz CT molecular complexity index is 1490. The van der Waals surface area contributed by atoms with Crippen LogP contribution in [0.3, 0.4) is 0 Å². The molecule has 0 aliphatic rings. The monoisotopic (exact) mass is 488 g/mol. The van der Waals surface area contributed by atoms with Crippen molar-refractivity contribution in [2.24, 2.45) is 0 Å². The molecule has 0 amide bonds. The second-order valence-electron chi connectivity index (χ2n) is 7.44. The van der Waals surface area contributed by atoms with Gasteiger partial charge in [0.15, 0.2) is 0 Å². The highest BCUT2D eigenvalue weighted by Crippen LogP contribution is 2.45. The van der Waals surface area contributed by atoms with Gasteiger partial charge >= 0.3 is 10.0 Å². The van der Waals surface area contributed by atoms with Gasteiger partial charge in [-0.1, -0.05) is 30.3 Å². The molecule has 0 atom stereocenters. The van der Waals surface area contributed by atoms with Gasteiger partial charge in [0.05, 0.1) is 9.85 Å². The van der Waals surface area contributed by atoms with Gasteiger partial charge in [0.2, 0.25) is 0 Å². The van der Waals surface area contributed by atoms with E-state index >= 15 is 0 Å². The fourth-order valence-electron chi connectivity index (χ4n) is 3.68. The molecule has 10 heteroatoms. The highest BCUT2D eigenvalue weighted by atomic mass is 32.1. The summed E-state index contributed by atoms with van der Waals surface area (Å²) in [6, 6.07) is 25.8. The van der Waals surface area contributed by atoms with Crippen molar-refractivity contribution >= 4 is 64.8 Å². The number of hydrogen-bond donors (Lipinski definition) is 1. The normalized spacial score (nSPS) is 10.9. The molecule has 0 radical (unpaired) electrons. The standard InChI is InChI=1S/C24H16N4O4S2/c25-19-6-3-17-13-16(1-2-18(17)14-19)15-4-7-20(8-5-15)26(21-9-11-23(33-21)27(29)30)22-10-12-24(34-22)28(31)32/h1-14H,25H2. The second-order valence-corrected chi connectivity index (χ2v) is 9.52. The molecular weight excluding hydrogens is 472 g/mol. The molecule has 8 nitrogen and oxygen atoms in total. The highest BCUT2D eigenvalue weighted by molar-refractivity contribution is 7.21. The van der Waals surface area contributed by atoms with E-state index < -0.39 is 9.85 Å². The van der Waals surface area contributed by atoms with Crippen molar-refractivity contribution in [1.82, 2.24) is 0 Å². The van der Waals surface area contributed by atoms with Crippen molar-refractivity contribution in [2.45, 2.75) is 0 Å². The number of benzene rings is 3. The van der Waals surface area contributed by atoms with E-state index in [1.165, 1.54) is 12.1 Å². The third-order valence-corrected chi connectivity index (χ3v) is 7.32. The Hall–Kier alpha value is -4.28. The van der Waals surface area contributed by atoms with Crippen LogP contribution in [0, 0.1) is 20.2 Å². The van der Waals surface area contributed by atoms with Gasteiger partial charge in [-0.3, -0.25) is 25.1 Å². The number of hydrogen-bond acceptors (Lipinski definition) is 8. The fraction of sp³-hybridized carbons (Fsp3) is 0. The molecule has 2 heterocycles. The van der Waals surface area contributed by atoms with Gasteiger partial charge in [-0.15, -0.1) is 0 Å².